The fraction of sp³-hybridized carbons (Fsp3) is 0.286. The van der Waals surface area contributed by atoms with E-state index in [2.05, 4.69) is 15.3 Å². The quantitative estimate of drug-likeness (QED) is 0.734. The maximum Gasteiger partial charge on any atom is 0.250 e. The zero-order valence-corrected chi connectivity index (χ0v) is 15.6. The van der Waals surface area contributed by atoms with Crippen LogP contribution in [0.3, 0.4) is 0 Å². The van der Waals surface area contributed by atoms with Gasteiger partial charge in [-0.2, -0.15) is 0 Å². The molecule has 0 aliphatic carbocycles. The first kappa shape index (κ1) is 18.2. The lowest BCUT2D eigenvalue weighted by Crippen LogP contribution is -2.25. The molecule has 0 saturated carbocycles. The molecular weight excluding hydrogens is 361 g/mol. The minimum Gasteiger partial charge on any atom is -0.490 e. The fourth-order valence-electron chi connectivity index (χ4n) is 3.40. The van der Waals surface area contributed by atoms with E-state index in [1.165, 1.54) is 13.2 Å². The van der Waals surface area contributed by atoms with E-state index in [9.17, 15) is 9.18 Å². The zero-order valence-electron chi connectivity index (χ0n) is 15.6. The Balaban J connectivity index is 1.73. The molecule has 3 aromatic rings. The molecule has 0 radical (unpaired) electrons. The van der Waals surface area contributed by atoms with Crippen LogP contribution < -0.4 is 14.8 Å². The normalized spacial score (nSPS) is 17.4. The number of rotatable bonds is 5. The molecule has 1 aromatic carbocycles. The Kier molecular flexibility index (Phi) is 4.81. The van der Waals surface area contributed by atoms with Crippen LogP contribution in [0.1, 0.15) is 13.3 Å². The van der Waals surface area contributed by atoms with Gasteiger partial charge in [-0.15, -0.1) is 0 Å². The van der Waals surface area contributed by atoms with Gasteiger partial charge < -0.3 is 14.8 Å². The molecule has 28 heavy (non-hydrogen) atoms. The molecule has 0 bridgehead atoms. The summed E-state index contributed by atoms with van der Waals surface area (Å²) in [4.78, 5) is 19.9. The highest BCUT2D eigenvalue weighted by Gasteiger charge is 2.28. The molecule has 144 valence electrons. The van der Waals surface area contributed by atoms with Crippen LogP contribution in [0, 0.1) is 11.7 Å². The second-order valence-corrected chi connectivity index (χ2v) is 6.85. The van der Waals surface area contributed by atoms with Gasteiger partial charge in [0, 0.05) is 42.2 Å². The highest BCUT2D eigenvalue weighted by Crippen LogP contribution is 2.34. The van der Waals surface area contributed by atoms with Gasteiger partial charge in [0.25, 0.3) is 0 Å². The number of hydrogen-bond acceptors (Lipinski definition) is 5. The average Bonchev–Trinajstić information content (AvgIpc) is 3.14. The third-order valence-electron chi connectivity index (χ3n) is 5.00. The SMILES string of the molecule is COc1ncc(-c2cc(O[C@H](C)[C@H]3CNC(=O)C3)c3cccnc3c2)cc1F. The first-order chi connectivity index (χ1) is 13.5. The Labute approximate surface area is 161 Å². The number of halogens is 1. The predicted octanol–water partition coefficient (Wildman–Crippen LogP) is 3.35. The van der Waals surface area contributed by atoms with Crippen molar-refractivity contribution in [3.05, 3.63) is 48.5 Å². The lowest BCUT2D eigenvalue weighted by Gasteiger charge is -2.21. The second kappa shape index (κ2) is 7.42. The number of fused-ring (bicyclic) bond motifs is 1. The summed E-state index contributed by atoms with van der Waals surface area (Å²) in [6, 6.07) is 8.88. The number of methoxy groups -OCH3 is 1. The molecule has 1 saturated heterocycles. The summed E-state index contributed by atoms with van der Waals surface area (Å²) in [5.74, 6) is 0.200. The predicted molar refractivity (Wildman–Crippen MR) is 103 cm³/mol. The van der Waals surface area contributed by atoms with Gasteiger partial charge in [0.1, 0.15) is 11.9 Å². The Bertz CT molecular complexity index is 1040. The van der Waals surface area contributed by atoms with Gasteiger partial charge in [0.05, 0.1) is 12.6 Å². The monoisotopic (exact) mass is 381 g/mol. The largest absolute Gasteiger partial charge is 0.490 e. The van der Waals surface area contributed by atoms with Crippen molar-refractivity contribution < 1.29 is 18.7 Å². The fourth-order valence-corrected chi connectivity index (χ4v) is 3.40. The Morgan fingerprint density at radius 3 is 2.82 bits per heavy atom. The molecule has 0 unspecified atom stereocenters. The molecule has 1 aliphatic rings. The van der Waals surface area contributed by atoms with Crippen molar-refractivity contribution in [2.24, 2.45) is 5.92 Å². The Morgan fingerprint density at radius 1 is 1.25 bits per heavy atom. The molecule has 3 heterocycles. The van der Waals surface area contributed by atoms with Crippen molar-refractivity contribution >= 4 is 16.8 Å². The van der Waals surface area contributed by atoms with Crippen molar-refractivity contribution in [2.75, 3.05) is 13.7 Å². The van der Waals surface area contributed by atoms with E-state index in [4.69, 9.17) is 9.47 Å². The number of carbonyl (C=O) groups excluding carboxylic acids is 1. The van der Waals surface area contributed by atoms with E-state index in [1.807, 2.05) is 31.2 Å². The molecule has 1 N–H and O–H groups in total. The highest BCUT2D eigenvalue weighted by molar-refractivity contribution is 5.90. The van der Waals surface area contributed by atoms with E-state index in [0.29, 0.717) is 24.3 Å². The van der Waals surface area contributed by atoms with Crippen LogP contribution in [0.25, 0.3) is 22.0 Å². The number of carbonyl (C=O) groups is 1. The number of nitrogens with zero attached hydrogens (tertiary/aromatic N) is 2. The van der Waals surface area contributed by atoms with Crippen LogP contribution in [0.4, 0.5) is 4.39 Å². The molecule has 2 atom stereocenters. The maximum absolute atomic E-state index is 14.1. The summed E-state index contributed by atoms with van der Waals surface area (Å²) >= 11 is 0. The van der Waals surface area contributed by atoms with Gasteiger partial charge in [0.15, 0.2) is 5.82 Å². The van der Waals surface area contributed by atoms with Gasteiger partial charge in [-0.3, -0.25) is 9.78 Å². The van der Waals surface area contributed by atoms with Gasteiger partial charge in [-0.05, 0) is 42.8 Å². The maximum atomic E-state index is 14.1. The number of pyridine rings is 2. The van der Waals surface area contributed by atoms with E-state index < -0.39 is 5.82 Å². The molecule has 2 aromatic heterocycles. The lowest BCUT2D eigenvalue weighted by molar-refractivity contribution is -0.119. The molecule has 4 rings (SSSR count). The summed E-state index contributed by atoms with van der Waals surface area (Å²) in [5.41, 5.74) is 2.07. The Morgan fingerprint density at radius 2 is 2.11 bits per heavy atom. The summed E-state index contributed by atoms with van der Waals surface area (Å²) in [6.07, 6.45) is 3.54. The van der Waals surface area contributed by atoms with Gasteiger partial charge in [-0.1, -0.05) is 0 Å². The number of benzene rings is 1. The second-order valence-electron chi connectivity index (χ2n) is 6.85. The van der Waals surface area contributed by atoms with Crippen LogP contribution in [0.2, 0.25) is 0 Å². The molecule has 7 heteroatoms. The third kappa shape index (κ3) is 3.47. The first-order valence-electron chi connectivity index (χ1n) is 9.07. The van der Waals surface area contributed by atoms with Crippen LogP contribution >= 0.6 is 0 Å². The molecule has 6 nitrogen and oxygen atoms in total. The zero-order chi connectivity index (χ0) is 19.7. The van der Waals surface area contributed by atoms with E-state index in [0.717, 1.165) is 16.5 Å². The highest BCUT2D eigenvalue weighted by atomic mass is 19.1. The standard InChI is InChI=1S/C21H20FN3O3/c1-12(14-9-20(26)24-10-14)28-19-8-13(7-18-16(19)4-3-5-23-18)15-6-17(22)21(27-2)25-11-15/h3-8,11-12,14H,9-10H2,1-2H3,(H,24,26)/t12-,14-/m1/s1. The van der Waals surface area contributed by atoms with Crippen LogP contribution in [-0.2, 0) is 4.79 Å². The van der Waals surface area contributed by atoms with Gasteiger partial charge >= 0.3 is 0 Å². The molecule has 1 amide bonds. The van der Waals surface area contributed by atoms with Crippen molar-refractivity contribution in [3.63, 3.8) is 0 Å². The van der Waals surface area contributed by atoms with Crippen molar-refractivity contribution in [2.45, 2.75) is 19.4 Å². The number of ether oxygens (including phenoxy) is 2. The smallest absolute Gasteiger partial charge is 0.250 e. The van der Waals surface area contributed by atoms with E-state index in [-0.39, 0.29) is 23.8 Å². The van der Waals surface area contributed by atoms with Crippen LogP contribution in [0.15, 0.2) is 42.7 Å². The number of amides is 1. The average molecular weight is 381 g/mol. The summed E-state index contributed by atoms with van der Waals surface area (Å²) in [7, 11) is 1.38. The summed E-state index contributed by atoms with van der Waals surface area (Å²) in [6.45, 7) is 2.55. The van der Waals surface area contributed by atoms with E-state index >= 15 is 0 Å². The lowest BCUT2D eigenvalue weighted by atomic mass is 10.0. The van der Waals surface area contributed by atoms with Gasteiger partial charge in [-0.25, -0.2) is 9.37 Å². The number of aromatic nitrogens is 2. The van der Waals surface area contributed by atoms with Crippen molar-refractivity contribution in [1.29, 1.82) is 0 Å². The minimum atomic E-state index is -0.535. The minimum absolute atomic E-state index is 0.0421. The molecular formula is C21H20FN3O3. The molecule has 1 aliphatic heterocycles. The number of hydrogen-bond donors (Lipinski definition) is 1. The number of nitrogens with one attached hydrogen (secondary N) is 1. The van der Waals surface area contributed by atoms with Crippen LogP contribution in [0.5, 0.6) is 11.6 Å². The van der Waals surface area contributed by atoms with Gasteiger partial charge in [0.2, 0.25) is 11.8 Å². The summed E-state index contributed by atoms with van der Waals surface area (Å²) in [5, 5.41) is 3.69. The molecule has 0 spiro atoms. The van der Waals surface area contributed by atoms with Crippen molar-refractivity contribution in [3.8, 4) is 22.8 Å². The Hall–Kier alpha value is -3.22. The van der Waals surface area contributed by atoms with Crippen molar-refractivity contribution in [1.82, 2.24) is 15.3 Å². The first-order valence-corrected chi connectivity index (χ1v) is 9.07. The van der Waals surface area contributed by atoms with Crippen LogP contribution in [-0.4, -0.2) is 35.6 Å². The third-order valence-corrected chi connectivity index (χ3v) is 5.00. The van der Waals surface area contributed by atoms with E-state index in [1.54, 1.807) is 12.4 Å². The molecule has 1 fully saturated rings. The summed E-state index contributed by atoms with van der Waals surface area (Å²) < 4.78 is 25.2. The topological polar surface area (TPSA) is 73.3 Å².